The van der Waals surface area contributed by atoms with Crippen molar-refractivity contribution in [3.8, 4) is 0 Å². The highest BCUT2D eigenvalue weighted by molar-refractivity contribution is 5.05. The maximum atomic E-state index is 3.71. The Balaban J connectivity index is 1.72. The lowest BCUT2D eigenvalue weighted by Gasteiger charge is -2.59. The smallest absolute Gasteiger partial charge is 0.0121 e. The summed E-state index contributed by atoms with van der Waals surface area (Å²) in [4.78, 5) is 0. The molecular formula is C17H31N. The topological polar surface area (TPSA) is 12.0 Å². The van der Waals surface area contributed by atoms with Gasteiger partial charge in [-0.1, -0.05) is 13.8 Å². The summed E-state index contributed by atoms with van der Waals surface area (Å²) in [6.45, 7) is 4.73. The third-order valence-corrected chi connectivity index (χ3v) is 6.21. The molecule has 104 valence electrons. The van der Waals surface area contributed by atoms with Crippen molar-refractivity contribution in [1.29, 1.82) is 0 Å². The van der Waals surface area contributed by atoms with Gasteiger partial charge < -0.3 is 5.32 Å². The highest BCUT2D eigenvalue weighted by Gasteiger charge is 2.53. The molecule has 0 aliphatic heterocycles. The Bertz CT molecular complexity index is 259. The molecule has 0 saturated heterocycles. The summed E-state index contributed by atoms with van der Waals surface area (Å²) in [5, 5.41) is 3.71. The minimum absolute atomic E-state index is 0.693. The van der Waals surface area contributed by atoms with Crippen LogP contribution in [-0.2, 0) is 0 Å². The maximum absolute atomic E-state index is 3.71. The molecule has 0 aromatic heterocycles. The van der Waals surface area contributed by atoms with Gasteiger partial charge in [0.25, 0.3) is 0 Å². The molecular weight excluding hydrogens is 218 g/mol. The average molecular weight is 249 g/mol. The number of hydrogen-bond acceptors (Lipinski definition) is 1. The van der Waals surface area contributed by atoms with Gasteiger partial charge in [0.05, 0.1) is 0 Å². The Kier molecular flexibility index (Phi) is 3.47. The van der Waals surface area contributed by atoms with Crippen LogP contribution in [0.25, 0.3) is 0 Å². The molecule has 4 bridgehead atoms. The largest absolute Gasteiger partial charge is 0.316 e. The maximum Gasteiger partial charge on any atom is 0.0121 e. The Morgan fingerprint density at radius 1 is 0.944 bits per heavy atom. The molecule has 4 aliphatic carbocycles. The van der Waals surface area contributed by atoms with Crippen molar-refractivity contribution in [3.63, 3.8) is 0 Å². The van der Waals surface area contributed by atoms with Gasteiger partial charge in [0.2, 0.25) is 0 Å². The van der Waals surface area contributed by atoms with Crippen molar-refractivity contribution in [2.24, 2.45) is 29.1 Å². The number of hydrogen-bond donors (Lipinski definition) is 1. The molecule has 4 saturated carbocycles. The van der Waals surface area contributed by atoms with Crippen molar-refractivity contribution < 1.29 is 0 Å². The second-order valence-corrected chi connectivity index (χ2v) is 8.09. The second kappa shape index (κ2) is 4.81. The standard InChI is InChI=1S/C17H31N/c1-12(2)4-5-16(18-3)17-9-13-6-14(10-17)8-15(7-13)11-17/h12-16,18H,4-11H2,1-3H3. The van der Waals surface area contributed by atoms with Crippen LogP contribution in [0.15, 0.2) is 0 Å². The monoisotopic (exact) mass is 249 g/mol. The Morgan fingerprint density at radius 2 is 1.44 bits per heavy atom. The van der Waals surface area contributed by atoms with Crippen LogP contribution in [0.1, 0.15) is 65.2 Å². The number of nitrogens with one attached hydrogen (secondary N) is 1. The summed E-state index contributed by atoms with van der Waals surface area (Å²) in [5.74, 6) is 4.12. The van der Waals surface area contributed by atoms with Gasteiger partial charge in [-0.15, -0.1) is 0 Å². The van der Waals surface area contributed by atoms with Gasteiger partial charge in [0.1, 0.15) is 0 Å². The first-order chi connectivity index (χ1) is 8.61. The predicted octanol–water partition coefficient (Wildman–Crippen LogP) is 4.23. The number of rotatable bonds is 5. The minimum atomic E-state index is 0.693. The minimum Gasteiger partial charge on any atom is -0.316 e. The van der Waals surface area contributed by atoms with Gasteiger partial charge in [-0.3, -0.25) is 0 Å². The van der Waals surface area contributed by atoms with E-state index in [0.29, 0.717) is 5.41 Å². The molecule has 4 aliphatic rings. The third kappa shape index (κ3) is 2.24. The van der Waals surface area contributed by atoms with Gasteiger partial charge >= 0.3 is 0 Å². The molecule has 0 amide bonds. The van der Waals surface area contributed by atoms with Gasteiger partial charge in [-0.25, -0.2) is 0 Å². The zero-order valence-corrected chi connectivity index (χ0v) is 12.5. The van der Waals surface area contributed by atoms with Crippen molar-refractivity contribution >= 4 is 0 Å². The van der Waals surface area contributed by atoms with Crippen LogP contribution in [0.2, 0.25) is 0 Å². The second-order valence-electron chi connectivity index (χ2n) is 8.09. The summed E-state index contributed by atoms with van der Waals surface area (Å²) in [7, 11) is 2.21. The van der Waals surface area contributed by atoms with Crippen molar-refractivity contribution in [1.82, 2.24) is 5.32 Å². The molecule has 0 aromatic rings. The van der Waals surface area contributed by atoms with E-state index in [2.05, 4.69) is 26.2 Å². The van der Waals surface area contributed by atoms with E-state index in [0.717, 1.165) is 29.7 Å². The van der Waals surface area contributed by atoms with Crippen LogP contribution >= 0.6 is 0 Å². The van der Waals surface area contributed by atoms with Gasteiger partial charge in [0, 0.05) is 6.04 Å². The highest BCUT2D eigenvalue weighted by Crippen LogP contribution is 2.61. The molecule has 1 N–H and O–H groups in total. The lowest BCUT2D eigenvalue weighted by atomic mass is 9.47. The summed E-state index contributed by atoms with van der Waals surface area (Å²) >= 11 is 0. The summed E-state index contributed by atoms with van der Waals surface area (Å²) in [5.41, 5.74) is 0.693. The SMILES string of the molecule is CNC(CCC(C)C)C12CC3CC(CC(C3)C1)C2. The Hall–Kier alpha value is -0.0400. The fourth-order valence-corrected chi connectivity index (χ4v) is 5.86. The Labute approximate surface area is 113 Å². The van der Waals surface area contributed by atoms with Crippen LogP contribution < -0.4 is 5.32 Å². The molecule has 4 fully saturated rings. The molecule has 4 rings (SSSR count). The van der Waals surface area contributed by atoms with Gasteiger partial charge in [0.15, 0.2) is 0 Å². The quantitative estimate of drug-likeness (QED) is 0.769. The zero-order valence-electron chi connectivity index (χ0n) is 12.5. The van der Waals surface area contributed by atoms with Crippen LogP contribution in [0.3, 0.4) is 0 Å². The summed E-state index contributed by atoms with van der Waals surface area (Å²) < 4.78 is 0. The lowest BCUT2D eigenvalue weighted by molar-refractivity contribution is -0.0746. The van der Waals surface area contributed by atoms with E-state index >= 15 is 0 Å². The Morgan fingerprint density at radius 3 is 1.83 bits per heavy atom. The van der Waals surface area contributed by atoms with Gasteiger partial charge in [-0.05, 0) is 87.5 Å². The van der Waals surface area contributed by atoms with Crippen molar-refractivity contribution in [2.45, 2.75) is 71.3 Å². The van der Waals surface area contributed by atoms with Crippen LogP contribution in [0.5, 0.6) is 0 Å². The first-order valence-electron chi connectivity index (χ1n) is 8.28. The van der Waals surface area contributed by atoms with E-state index < -0.39 is 0 Å². The van der Waals surface area contributed by atoms with E-state index in [1.54, 1.807) is 38.5 Å². The summed E-state index contributed by atoms with van der Waals surface area (Å²) in [6, 6.07) is 0.799. The first-order valence-corrected chi connectivity index (χ1v) is 8.28. The van der Waals surface area contributed by atoms with E-state index in [1.165, 1.54) is 12.8 Å². The third-order valence-electron chi connectivity index (χ3n) is 6.21. The predicted molar refractivity (Wildman–Crippen MR) is 77.5 cm³/mol. The average Bonchev–Trinajstić information content (AvgIpc) is 2.26. The first kappa shape index (κ1) is 13.0. The van der Waals surface area contributed by atoms with Crippen molar-refractivity contribution in [3.05, 3.63) is 0 Å². The fourth-order valence-electron chi connectivity index (χ4n) is 5.86. The molecule has 0 radical (unpaired) electrons. The highest BCUT2D eigenvalue weighted by atomic mass is 14.9. The zero-order chi connectivity index (χ0) is 12.8. The molecule has 1 unspecified atom stereocenters. The van der Waals surface area contributed by atoms with Gasteiger partial charge in [-0.2, -0.15) is 0 Å². The molecule has 18 heavy (non-hydrogen) atoms. The molecule has 0 spiro atoms. The molecule has 1 atom stereocenters. The fraction of sp³-hybridized carbons (Fsp3) is 1.00. The van der Waals surface area contributed by atoms with Crippen LogP contribution in [-0.4, -0.2) is 13.1 Å². The van der Waals surface area contributed by atoms with Crippen LogP contribution in [0.4, 0.5) is 0 Å². The van der Waals surface area contributed by atoms with Crippen molar-refractivity contribution in [2.75, 3.05) is 7.05 Å². The molecule has 0 heterocycles. The van der Waals surface area contributed by atoms with E-state index in [9.17, 15) is 0 Å². The van der Waals surface area contributed by atoms with E-state index in [-0.39, 0.29) is 0 Å². The lowest BCUT2D eigenvalue weighted by Crippen LogP contribution is -2.55. The molecule has 1 nitrogen and oxygen atoms in total. The normalized spacial score (nSPS) is 43.7. The van der Waals surface area contributed by atoms with E-state index in [1.807, 2.05) is 0 Å². The van der Waals surface area contributed by atoms with E-state index in [4.69, 9.17) is 0 Å². The molecule has 1 heteroatoms. The summed E-state index contributed by atoms with van der Waals surface area (Å²) in [6.07, 6.45) is 12.1. The van der Waals surface area contributed by atoms with Crippen LogP contribution in [0, 0.1) is 29.1 Å². The molecule has 0 aromatic carbocycles.